The summed E-state index contributed by atoms with van der Waals surface area (Å²) in [7, 11) is 0. The smallest absolute Gasteiger partial charge is 0.122 e. The summed E-state index contributed by atoms with van der Waals surface area (Å²) in [6, 6.07) is 7.76. The maximum atomic E-state index is 5.69. The van der Waals surface area contributed by atoms with Crippen LogP contribution in [0.2, 0.25) is 0 Å². The fraction of sp³-hybridized carbons (Fsp3) is 0.600. The van der Waals surface area contributed by atoms with E-state index in [9.17, 15) is 0 Å². The number of ether oxygens (including phenoxy) is 1. The third kappa shape index (κ3) is 3.74. The Labute approximate surface area is 104 Å². The van der Waals surface area contributed by atoms with Crippen molar-refractivity contribution < 1.29 is 4.74 Å². The van der Waals surface area contributed by atoms with Gasteiger partial charge in [-0.2, -0.15) is 0 Å². The minimum Gasteiger partial charge on any atom is -0.494 e. The number of nitrogens with one attached hydrogen (secondary N) is 1. The van der Waals surface area contributed by atoms with Gasteiger partial charge in [0.25, 0.3) is 0 Å². The van der Waals surface area contributed by atoms with Crippen LogP contribution in [-0.2, 0) is 6.42 Å². The molecule has 1 aromatic carbocycles. The molecule has 2 heteroatoms. The second-order valence-electron chi connectivity index (χ2n) is 5.09. The maximum absolute atomic E-state index is 5.69. The lowest BCUT2D eigenvalue weighted by atomic mass is 10.0. The summed E-state index contributed by atoms with van der Waals surface area (Å²) in [6.45, 7) is 7.17. The van der Waals surface area contributed by atoms with Gasteiger partial charge >= 0.3 is 0 Å². The highest BCUT2D eigenvalue weighted by Gasteiger charge is 2.23. The Bertz CT molecular complexity index is 371. The Morgan fingerprint density at radius 1 is 1.41 bits per heavy atom. The van der Waals surface area contributed by atoms with Crippen LogP contribution in [-0.4, -0.2) is 18.7 Å². The average Bonchev–Trinajstić information content (AvgIpc) is 3.06. The first-order chi connectivity index (χ1) is 8.19. The fourth-order valence-corrected chi connectivity index (χ4v) is 2.21. The van der Waals surface area contributed by atoms with E-state index in [4.69, 9.17) is 4.74 Å². The first kappa shape index (κ1) is 12.4. The molecule has 0 radical (unpaired) electrons. The van der Waals surface area contributed by atoms with Crippen molar-refractivity contribution in [2.75, 3.05) is 6.61 Å². The van der Waals surface area contributed by atoms with Gasteiger partial charge in [-0.05, 0) is 51.7 Å². The molecule has 1 aliphatic rings. The van der Waals surface area contributed by atoms with Gasteiger partial charge in [0, 0.05) is 12.1 Å². The van der Waals surface area contributed by atoms with Crippen LogP contribution in [0.3, 0.4) is 0 Å². The van der Waals surface area contributed by atoms with E-state index >= 15 is 0 Å². The van der Waals surface area contributed by atoms with Gasteiger partial charge in [0.1, 0.15) is 5.75 Å². The molecule has 1 fully saturated rings. The van der Waals surface area contributed by atoms with Crippen LogP contribution in [0.4, 0.5) is 0 Å². The summed E-state index contributed by atoms with van der Waals surface area (Å²) in [6.07, 6.45) is 3.74. The van der Waals surface area contributed by atoms with Crippen LogP contribution < -0.4 is 10.1 Å². The summed E-state index contributed by atoms with van der Waals surface area (Å²) >= 11 is 0. The van der Waals surface area contributed by atoms with Gasteiger partial charge in [0.05, 0.1) is 6.61 Å². The van der Waals surface area contributed by atoms with Crippen LogP contribution in [0.5, 0.6) is 5.75 Å². The van der Waals surface area contributed by atoms with Crippen molar-refractivity contribution in [1.29, 1.82) is 0 Å². The van der Waals surface area contributed by atoms with Gasteiger partial charge in [-0.15, -0.1) is 0 Å². The van der Waals surface area contributed by atoms with E-state index in [-0.39, 0.29) is 0 Å². The maximum Gasteiger partial charge on any atom is 0.122 e. The zero-order valence-electron chi connectivity index (χ0n) is 11.1. The summed E-state index contributed by atoms with van der Waals surface area (Å²) in [5.41, 5.74) is 2.63. The third-order valence-electron chi connectivity index (χ3n) is 3.14. The lowest BCUT2D eigenvalue weighted by Gasteiger charge is -2.16. The van der Waals surface area contributed by atoms with Gasteiger partial charge < -0.3 is 10.1 Å². The highest BCUT2D eigenvalue weighted by Crippen LogP contribution is 2.24. The Hall–Kier alpha value is -1.02. The van der Waals surface area contributed by atoms with Crippen molar-refractivity contribution in [1.82, 2.24) is 5.32 Å². The molecule has 1 saturated carbocycles. The number of rotatable bonds is 6. The van der Waals surface area contributed by atoms with Crippen LogP contribution in [0, 0.1) is 6.92 Å². The van der Waals surface area contributed by atoms with E-state index in [1.54, 1.807) is 0 Å². The molecule has 0 saturated heterocycles. The Kier molecular flexibility index (Phi) is 4.06. The topological polar surface area (TPSA) is 21.3 Å². The van der Waals surface area contributed by atoms with Crippen molar-refractivity contribution in [2.45, 2.75) is 52.1 Å². The number of benzene rings is 1. The monoisotopic (exact) mass is 233 g/mol. The number of aryl methyl sites for hydroxylation is 1. The zero-order chi connectivity index (χ0) is 12.3. The predicted octanol–water partition coefficient (Wildman–Crippen LogP) is 3.08. The molecule has 1 atom stereocenters. The molecule has 2 nitrogen and oxygen atoms in total. The molecular formula is C15H23NO. The molecule has 2 rings (SSSR count). The molecule has 0 heterocycles. The lowest BCUT2D eigenvalue weighted by Crippen LogP contribution is -2.30. The quantitative estimate of drug-likeness (QED) is 0.815. The Morgan fingerprint density at radius 3 is 2.82 bits per heavy atom. The summed E-state index contributed by atoms with van der Waals surface area (Å²) in [4.78, 5) is 0. The zero-order valence-corrected chi connectivity index (χ0v) is 11.1. The molecule has 1 aliphatic carbocycles. The van der Waals surface area contributed by atoms with E-state index < -0.39 is 0 Å². The average molecular weight is 233 g/mol. The molecular weight excluding hydrogens is 210 g/mol. The molecule has 1 aromatic rings. The van der Waals surface area contributed by atoms with Crippen LogP contribution >= 0.6 is 0 Å². The fourth-order valence-electron chi connectivity index (χ4n) is 2.21. The molecule has 0 aromatic heterocycles. The normalized spacial score (nSPS) is 16.9. The second kappa shape index (κ2) is 5.54. The molecule has 0 amide bonds. The predicted molar refractivity (Wildman–Crippen MR) is 71.7 cm³/mol. The standard InChI is InChI=1S/C15H23NO/c1-4-17-15-8-5-11(2)9-13(15)10-12(3)16-14-6-7-14/h5,8-9,12,14,16H,4,6-7,10H2,1-3H3. The minimum absolute atomic E-state index is 0.531. The van der Waals surface area contributed by atoms with E-state index in [0.29, 0.717) is 6.04 Å². The molecule has 17 heavy (non-hydrogen) atoms. The van der Waals surface area contributed by atoms with Crippen LogP contribution in [0.15, 0.2) is 18.2 Å². The first-order valence-corrected chi connectivity index (χ1v) is 6.67. The van der Waals surface area contributed by atoms with Crippen molar-refractivity contribution in [3.63, 3.8) is 0 Å². The number of hydrogen-bond acceptors (Lipinski definition) is 2. The third-order valence-corrected chi connectivity index (χ3v) is 3.14. The molecule has 0 bridgehead atoms. The molecule has 0 aliphatic heterocycles. The SMILES string of the molecule is CCOc1ccc(C)cc1CC(C)NC1CC1. The van der Waals surface area contributed by atoms with Crippen molar-refractivity contribution in [3.05, 3.63) is 29.3 Å². The first-order valence-electron chi connectivity index (χ1n) is 6.67. The van der Waals surface area contributed by atoms with Gasteiger partial charge in [-0.1, -0.05) is 17.7 Å². The highest BCUT2D eigenvalue weighted by molar-refractivity contribution is 5.37. The molecule has 94 valence electrons. The number of hydrogen-bond donors (Lipinski definition) is 1. The largest absolute Gasteiger partial charge is 0.494 e. The van der Waals surface area contributed by atoms with E-state index in [1.807, 2.05) is 6.92 Å². The van der Waals surface area contributed by atoms with Crippen molar-refractivity contribution >= 4 is 0 Å². The van der Waals surface area contributed by atoms with Crippen molar-refractivity contribution in [2.24, 2.45) is 0 Å². The van der Waals surface area contributed by atoms with Crippen LogP contribution in [0.25, 0.3) is 0 Å². The minimum atomic E-state index is 0.531. The molecule has 0 spiro atoms. The molecule has 1 unspecified atom stereocenters. The Morgan fingerprint density at radius 2 is 2.18 bits per heavy atom. The van der Waals surface area contributed by atoms with E-state index in [2.05, 4.69) is 37.4 Å². The summed E-state index contributed by atoms with van der Waals surface area (Å²) in [5.74, 6) is 1.04. The summed E-state index contributed by atoms with van der Waals surface area (Å²) in [5, 5.41) is 3.64. The van der Waals surface area contributed by atoms with Gasteiger partial charge in [0.15, 0.2) is 0 Å². The second-order valence-corrected chi connectivity index (χ2v) is 5.09. The highest BCUT2D eigenvalue weighted by atomic mass is 16.5. The van der Waals surface area contributed by atoms with Crippen LogP contribution in [0.1, 0.15) is 37.8 Å². The van der Waals surface area contributed by atoms with Gasteiger partial charge in [0.2, 0.25) is 0 Å². The lowest BCUT2D eigenvalue weighted by molar-refractivity contribution is 0.335. The van der Waals surface area contributed by atoms with Gasteiger partial charge in [-0.3, -0.25) is 0 Å². The van der Waals surface area contributed by atoms with E-state index in [1.165, 1.54) is 24.0 Å². The summed E-state index contributed by atoms with van der Waals surface area (Å²) < 4.78 is 5.69. The van der Waals surface area contributed by atoms with Gasteiger partial charge in [-0.25, -0.2) is 0 Å². The van der Waals surface area contributed by atoms with E-state index in [0.717, 1.165) is 24.8 Å². The molecule has 1 N–H and O–H groups in total. The van der Waals surface area contributed by atoms with Crippen molar-refractivity contribution in [3.8, 4) is 5.75 Å². The Balaban J connectivity index is 2.03.